The van der Waals surface area contributed by atoms with Gasteiger partial charge in [-0.2, -0.15) is 0 Å². The number of carbonyl (C=O) groups excluding carboxylic acids is 1. The number of ether oxygens (including phenoxy) is 1. The Morgan fingerprint density at radius 1 is 1.31 bits per heavy atom. The molecule has 0 saturated carbocycles. The second-order valence-electron chi connectivity index (χ2n) is 4.12. The zero-order chi connectivity index (χ0) is 12.6. The van der Waals surface area contributed by atoms with Crippen molar-refractivity contribution in [1.82, 2.24) is 4.31 Å². The van der Waals surface area contributed by atoms with E-state index in [1.165, 1.54) is 24.0 Å². The van der Waals surface area contributed by atoms with Gasteiger partial charge < -0.3 is 8.92 Å². The molecule has 6 heteroatoms. The van der Waals surface area contributed by atoms with Crippen LogP contribution < -0.4 is 0 Å². The molecule has 0 unspecified atom stereocenters. The lowest BCUT2D eigenvalue weighted by atomic mass is 10.2. The van der Waals surface area contributed by atoms with Crippen molar-refractivity contribution in [2.45, 2.75) is 26.4 Å². The molecule has 0 aromatic rings. The average Bonchev–Trinajstić information content (AvgIpc) is 2.13. The predicted octanol–water partition coefficient (Wildman–Crippen LogP) is 2.20. The van der Waals surface area contributed by atoms with Gasteiger partial charge in [-0.15, -0.1) is 0 Å². The van der Waals surface area contributed by atoms with Crippen LogP contribution in [0.2, 0.25) is 0 Å². The van der Waals surface area contributed by atoms with E-state index in [-0.39, 0.29) is 12.5 Å². The van der Waals surface area contributed by atoms with Gasteiger partial charge >= 0.3 is 5.97 Å². The quantitative estimate of drug-likeness (QED) is 0.305. The van der Waals surface area contributed by atoms with E-state index in [2.05, 4.69) is 0 Å². The lowest BCUT2D eigenvalue weighted by Crippen LogP contribution is -2.32. The van der Waals surface area contributed by atoms with Crippen molar-refractivity contribution in [2.24, 2.45) is 0 Å². The highest BCUT2D eigenvalue weighted by atomic mass is 32.2. The molecule has 0 spiro atoms. The maximum atomic E-state index is 11.5. The maximum absolute atomic E-state index is 11.5. The summed E-state index contributed by atoms with van der Waals surface area (Å²) in [5, 5.41) is 0. The number of hydrogen-bond acceptors (Lipinski definition) is 6. The van der Waals surface area contributed by atoms with Crippen molar-refractivity contribution < 1.29 is 13.7 Å². The summed E-state index contributed by atoms with van der Waals surface area (Å²) in [6.07, 6.45) is 3.81. The molecule has 0 aromatic heterocycles. The van der Waals surface area contributed by atoms with E-state index in [1.54, 1.807) is 0 Å². The molecule has 0 saturated heterocycles. The number of carbonyl (C=O) groups is 1. The number of esters is 1. The maximum Gasteiger partial charge on any atom is 0.321 e. The molecule has 0 heterocycles. The molecule has 96 valence electrons. The molecular weight excluding hydrogens is 246 g/mol. The Morgan fingerprint density at radius 2 is 1.94 bits per heavy atom. The largest absolute Gasteiger partial charge is 0.459 e. The van der Waals surface area contributed by atoms with Crippen LogP contribution in [0.5, 0.6) is 0 Å². The zero-order valence-electron chi connectivity index (χ0n) is 10.6. The molecule has 0 N–H and O–H groups in total. The highest BCUT2D eigenvalue weighted by Gasteiger charge is 2.18. The van der Waals surface area contributed by atoms with E-state index < -0.39 is 5.60 Å². The molecule has 0 bridgehead atoms. The summed E-state index contributed by atoms with van der Waals surface area (Å²) < 4.78 is 12.3. The van der Waals surface area contributed by atoms with E-state index in [1.807, 2.05) is 37.6 Å². The minimum atomic E-state index is -0.420. The van der Waals surface area contributed by atoms with Crippen molar-refractivity contribution in [3.05, 3.63) is 0 Å². The van der Waals surface area contributed by atoms with Crippen LogP contribution in [-0.4, -0.2) is 48.1 Å². The standard InChI is InChI=1S/C10H21NO3S2/c1-10(2,3)14-9(12)8-11(15-4)6-7-13-16-5/h6-8H2,1-5H3. The first-order valence-corrected chi connectivity index (χ1v) is 7.38. The number of hydrogen-bond donors (Lipinski definition) is 0. The van der Waals surface area contributed by atoms with Gasteiger partial charge in [-0.1, -0.05) is 11.9 Å². The number of rotatable bonds is 7. The van der Waals surface area contributed by atoms with E-state index in [0.717, 1.165) is 0 Å². The molecule has 0 atom stereocenters. The van der Waals surface area contributed by atoms with Gasteiger partial charge in [0.15, 0.2) is 0 Å². The third-order valence-electron chi connectivity index (χ3n) is 1.53. The third kappa shape index (κ3) is 9.33. The molecule has 0 aliphatic heterocycles. The van der Waals surface area contributed by atoms with Crippen LogP contribution in [0.1, 0.15) is 20.8 Å². The summed E-state index contributed by atoms with van der Waals surface area (Å²) >= 11 is 2.85. The first kappa shape index (κ1) is 16.1. The fourth-order valence-corrected chi connectivity index (χ4v) is 1.71. The van der Waals surface area contributed by atoms with E-state index in [0.29, 0.717) is 13.2 Å². The third-order valence-corrected chi connectivity index (χ3v) is 2.76. The highest BCUT2D eigenvalue weighted by Crippen LogP contribution is 2.10. The Bertz CT molecular complexity index is 207. The molecule has 0 aliphatic rings. The van der Waals surface area contributed by atoms with Crippen LogP contribution in [-0.2, 0) is 13.7 Å². The van der Waals surface area contributed by atoms with E-state index in [9.17, 15) is 4.79 Å². The second kappa shape index (κ2) is 8.22. The topological polar surface area (TPSA) is 38.8 Å². The minimum absolute atomic E-state index is 0.203. The van der Waals surface area contributed by atoms with Gasteiger partial charge in [0.2, 0.25) is 0 Å². The number of nitrogens with zero attached hydrogens (tertiary/aromatic N) is 1. The smallest absolute Gasteiger partial charge is 0.321 e. The fourth-order valence-electron chi connectivity index (χ4n) is 0.975. The first-order chi connectivity index (χ1) is 7.39. The monoisotopic (exact) mass is 267 g/mol. The van der Waals surface area contributed by atoms with Crippen LogP contribution in [0.4, 0.5) is 0 Å². The second-order valence-corrected chi connectivity index (χ2v) is 5.57. The van der Waals surface area contributed by atoms with Crippen LogP contribution in [0.15, 0.2) is 0 Å². The van der Waals surface area contributed by atoms with Crippen LogP contribution >= 0.6 is 24.0 Å². The Labute approximate surface area is 107 Å². The molecular formula is C10H21NO3S2. The average molecular weight is 267 g/mol. The Hall–Kier alpha value is 0.0900. The Balaban J connectivity index is 3.88. The van der Waals surface area contributed by atoms with Crippen molar-refractivity contribution in [1.29, 1.82) is 0 Å². The summed E-state index contributed by atoms with van der Waals surface area (Å²) in [5.41, 5.74) is -0.420. The van der Waals surface area contributed by atoms with Gasteiger partial charge in [-0.05, 0) is 39.1 Å². The molecule has 4 nitrogen and oxygen atoms in total. The van der Waals surface area contributed by atoms with Crippen molar-refractivity contribution >= 4 is 30.0 Å². The molecule has 0 fully saturated rings. The van der Waals surface area contributed by atoms with Gasteiger partial charge in [0.25, 0.3) is 0 Å². The van der Waals surface area contributed by atoms with Crippen LogP contribution in [0.25, 0.3) is 0 Å². The summed E-state index contributed by atoms with van der Waals surface area (Å²) in [6.45, 7) is 7.20. The SMILES string of the molecule is CSOCCN(CC(=O)OC(C)(C)C)SC. The van der Waals surface area contributed by atoms with Gasteiger partial charge in [0, 0.05) is 12.8 Å². The van der Waals surface area contributed by atoms with Crippen LogP contribution in [0.3, 0.4) is 0 Å². The molecule has 16 heavy (non-hydrogen) atoms. The molecule has 0 aromatic carbocycles. The van der Waals surface area contributed by atoms with Gasteiger partial charge in [0.1, 0.15) is 12.1 Å². The van der Waals surface area contributed by atoms with Crippen LogP contribution in [0, 0.1) is 0 Å². The predicted molar refractivity (Wildman–Crippen MR) is 70.4 cm³/mol. The molecule has 0 aliphatic carbocycles. The van der Waals surface area contributed by atoms with Crippen molar-refractivity contribution in [2.75, 3.05) is 32.2 Å². The van der Waals surface area contributed by atoms with E-state index in [4.69, 9.17) is 8.92 Å². The fraction of sp³-hybridized carbons (Fsp3) is 0.900. The minimum Gasteiger partial charge on any atom is -0.459 e. The first-order valence-electron chi connectivity index (χ1n) is 5.05. The molecule has 0 radical (unpaired) electrons. The Kier molecular flexibility index (Phi) is 8.27. The summed E-state index contributed by atoms with van der Waals surface area (Å²) in [7, 11) is 0. The van der Waals surface area contributed by atoms with Gasteiger partial charge in [-0.3, -0.25) is 4.79 Å². The summed E-state index contributed by atoms with van der Waals surface area (Å²) in [4.78, 5) is 11.5. The zero-order valence-corrected chi connectivity index (χ0v) is 12.2. The summed E-state index contributed by atoms with van der Waals surface area (Å²) in [6, 6.07) is 0. The Morgan fingerprint density at radius 3 is 2.38 bits per heavy atom. The van der Waals surface area contributed by atoms with Crippen molar-refractivity contribution in [3.8, 4) is 0 Å². The molecule has 0 amide bonds. The van der Waals surface area contributed by atoms with Crippen molar-refractivity contribution in [3.63, 3.8) is 0 Å². The molecule has 0 rings (SSSR count). The van der Waals surface area contributed by atoms with Gasteiger partial charge in [-0.25, -0.2) is 4.31 Å². The highest BCUT2D eigenvalue weighted by molar-refractivity contribution is 7.96. The lowest BCUT2D eigenvalue weighted by molar-refractivity contribution is -0.154. The lowest BCUT2D eigenvalue weighted by Gasteiger charge is -2.23. The van der Waals surface area contributed by atoms with E-state index >= 15 is 0 Å². The summed E-state index contributed by atoms with van der Waals surface area (Å²) in [5.74, 6) is -0.203. The normalized spacial score (nSPS) is 11.9. The van der Waals surface area contributed by atoms with Gasteiger partial charge in [0.05, 0.1) is 6.61 Å².